The highest BCUT2D eigenvalue weighted by molar-refractivity contribution is 5.16. The van der Waals surface area contributed by atoms with Gasteiger partial charge in [0.05, 0.1) is 18.4 Å². The highest BCUT2D eigenvalue weighted by Crippen LogP contribution is 2.16. The summed E-state index contributed by atoms with van der Waals surface area (Å²) in [5, 5.41) is 4.62. The fourth-order valence-corrected chi connectivity index (χ4v) is 3.37. The molecule has 1 aromatic heterocycles. The average Bonchev–Trinajstić information content (AvgIpc) is 2.94. The Balaban J connectivity index is 1.52. The van der Waals surface area contributed by atoms with Crippen LogP contribution in [0.4, 0.5) is 0 Å². The molecule has 2 heterocycles. The van der Waals surface area contributed by atoms with Gasteiger partial charge in [-0.05, 0) is 31.7 Å². The molecule has 4 nitrogen and oxygen atoms in total. The normalized spacial score (nSPS) is 18.8. The van der Waals surface area contributed by atoms with Crippen LogP contribution in [0.3, 0.4) is 0 Å². The topological polar surface area (TPSA) is 30.3 Å². The second-order valence-electron chi connectivity index (χ2n) is 6.76. The molecule has 0 amide bonds. The Morgan fingerprint density at radius 1 is 1.25 bits per heavy atom. The lowest BCUT2D eigenvalue weighted by Gasteiger charge is -2.33. The zero-order valence-corrected chi connectivity index (χ0v) is 14.9. The molecular weight excluding hydrogens is 298 g/mol. The third kappa shape index (κ3) is 4.68. The molecule has 0 bridgehead atoms. The van der Waals surface area contributed by atoms with E-state index < -0.39 is 0 Å². The van der Waals surface area contributed by atoms with Gasteiger partial charge in [-0.3, -0.25) is 9.58 Å². The van der Waals surface area contributed by atoms with Gasteiger partial charge in [0.2, 0.25) is 0 Å². The zero-order valence-electron chi connectivity index (χ0n) is 14.9. The highest BCUT2D eigenvalue weighted by atomic mass is 16.5. The molecule has 0 N–H and O–H groups in total. The molecule has 1 aromatic carbocycles. The van der Waals surface area contributed by atoms with Crippen LogP contribution in [0.2, 0.25) is 0 Å². The van der Waals surface area contributed by atoms with Crippen LogP contribution in [0.25, 0.3) is 0 Å². The molecule has 0 aliphatic carbocycles. The average molecular weight is 327 g/mol. The quantitative estimate of drug-likeness (QED) is 0.780. The predicted octanol–water partition coefficient (Wildman–Crippen LogP) is 3.44. The van der Waals surface area contributed by atoms with Gasteiger partial charge >= 0.3 is 0 Å². The van der Waals surface area contributed by atoms with E-state index in [4.69, 9.17) is 4.74 Å². The first-order chi connectivity index (χ1) is 11.7. The Morgan fingerprint density at radius 2 is 2.08 bits per heavy atom. The fourth-order valence-electron chi connectivity index (χ4n) is 3.37. The SMILES string of the molecule is CCCn1cc(CN2CCOC(CCc3ccccc3)C2)c(C)n1. The molecule has 3 rings (SSSR count). The van der Waals surface area contributed by atoms with Crippen LogP contribution < -0.4 is 0 Å². The van der Waals surface area contributed by atoms with Gasteiger partial charge in [-0.1, -0.05) is 37.3 Å². The molecule has 130 valence electrons. The third-order valence-corrected chi connectivity index (χ3v) is 4.72. The van der Waals surface area contributed by atoms with Crippen LogP contribution >= 0.6 is 0 Å². The van der Waals surface area contributed by atoms with E-state index in [1.54, 1.807) is 0 Å². The first-order valence-electron chi connectivity index (χ1n) is 9.15. The number of ether oxygens (including phenoxy) is 1. The number of benzene rings is 1. The van der Waals surface area contributed by atoms with Crippen LogP contribution in [0.15, 0.2) is 36.5 Å². The van der Waals surface area contributed by atoms with E-state index in [0.717, 1.165) is 57.7 Å². The maximum atomic E-state index is 5.98. The number of nitrogens with zero attached hydrogens (tertiary/aromatic N) is 3. The number of morpholine rings is 1. The van der Waals surface area contributed by atoms with Crippen LogP contribution in [-0.2, 0) is 24.2 Å². The molecule has 24 heavy (non-hydrogen) atoms. The molecule has 4 heteroatoms. The van der Waals surface area contributed by atoms with E-state index in [9.17, 15) is 0 Å². The highest BCUT2D eigenvalue weighted by Gasteiger charge is 2.21. The number of rotatable bonds is 7. The summed E-state index contributed by atoms with van der Waals surface area (Å²) in [6.07, 6.45) is 5.86. The second kappa shape index (κ2) is 8.45. The van der Waals surface area contributed by atoms with E-state index >= 15 is 0 Å². The number of hydrogen-bond donors (Lipinski definition) is 0. The smallest absolute Gasteiger partial charge is 0.0705 e. The minimum Gasteiger partial charge on any atom is -0.376 e. The van der Waals surface area contributed by atoms with Gasteiger partial charge in [0.25, 0.3) is 0 Å². The molecule has 1 aliphatic heterocycles. The molecule has 1 aliphatic rings. The van der Waals surface area contributed by atoms with Crippen LogP contribution in [-0.4, -0.2) is 40.5 Å². The van der Waals surface area contributed by atoms with Crippen molar-refractivity contribution in [3.63, 3.8) is 0 Å². The summed E-state index contributed by atoms with van der Waals surface area (Å²) in [6, 6.07) is 10.7. The number of hydrogen-bond acceptors (Lipinski definition) is 3. The van der Waals surface area contributed by atoms with Crippen molar-refractivity contribution in [2.24, 2.45) is 0 Å². The monoisotopic (exact) mass is 327 g/mol. The Kier molecular flexibility index (Phi) is 6.05. The van der Waals surface area contributed by atoms with Crippen molar-refractivity contribution < 1.29 is 4.74 Å². The molecule has 2 aromatic rings. The Morgan fingerprint density at radius 3 is 2.88 bits per heavy atom. The summed E-state index contributed by atoms with van der Waals surface area (Å²) >= 11 is 0. The third-order valence-electron chi connectivity index (χ3n) is 4.72. The lowest BCUT2D eigenvalue weighted by atomic mass is 10.1. The van der Waals surface area contributed by atoms with Crippen molar-refractivity contribution in [3.8, 4) is 0 Å². The summed E-state index contributed by atoms with van der Waals surface area (Å²) in [6.45, 7) is 9.17. The van der Waals surface area contributed by atoms with Crippen molar-refractivity contribution in [1.29, 1.82) is 0 Å². The van der Waals surface area contributed by atoms with Gasteiger partial charge < -0.3 is 4.74 Å². The number of aryl methyl sites for hydroxylation is 3. The molecule has 0 saturated carbocycles. The molecule has 1 saturated heterocycles. The first kappa shape index (κ1) is 17.2. The summed E-state index contributed by atoms with van der Waals surface area (Å²) in [5.41, 5.74) is 3.91. The van der Waals surface area contributed by atoms with E-state index in [0.29, 0.717) is 6.10 Å². The largest absolute Gasteiger partial charge is 0.376 e. The van der Waals surface area contributed by atoms with E-state index in [-0.39, 0.29) is 0 Å². The lowest BCUT2D eigenvalue weighted by Crippen LogP contribution is -2.42. The second-order valence-corrected chi connectivity index (χ2v) is 6.76. The minimum absolute atomic E-state index is 0.338. The Bertz CT molecular complexity index is 623. The lowest BCUT2D eigenvalue weighted by molar-refractivity contribution is -0.0346. The maximum Gasteiger partial charge on any atom is 0.0705 e. The van der Waals surface area contributed by atoms with Gasteiger partial charge in [-0.2, -0.15) is 5.10 Å². The zero-order chi connectivity index (χ0) is 16.8. The summed E-state index contributed by atoms with van der Waals surface area (Å²) in [4.78, 5) is 2.51. The van der Waals surface area contributed by atoms with Crippen molar-refractivity contribution in [2.45, 2.75) is 52.3 Å². The van der Waals surface area contributed by atoms with Crippen molar-refractivity contribution >= 4 is 0 Å². The molecule has 0 radical (unpaired) electrons. The Labute approximate surface area is 145 Å². The van der Waals surface area contributed by atoms with E-state index in [1.807, 2.05) is 0 Å². The van der Waals surface area contributed by atoms with Crippen LogP contribution in [0.5, 0.6) is 0 Å². The fraction of sp³-hybridized carbons (Fsp3) is 0.550. The first-order valence-corrected chi connectivity index (χ1v) is 9.15. The van der Waals surface area contributed by atoms with Crippen molar-refractivity contribution in [1.82, 2.24) is 14.7 Å². The van der Waals surface area contributed by atoms with E-state index in [1.165, 1.54) is 11.1 Å². The van der Waals surface area contributed by atoms with E-state index in [2.05, 4.69) is 65.1 Å². The number of aromatic nitrogens is 2. The molecular formula is C20H29N3O. The van der Waals surface area contributed by atoms with Crippen LogP contribution in [0.1, 0.15) is 36.6 Å². The molecule has 1 atom stereocenters. The standard InChI is InChI=1S/C20H29N3O/c1-3-11-23-15-19(17(2)21-23)14-22-12-13-24-20(16-22)10-9-18-7-5-4-6-8-18/h4-8,15,20H,3,9-14,16H2,1-2H3. The van der Waals surface area contributed by atoms with Gasteiger partial charge in [0, 0.05) is 37.9 Å². The maximum absolute atomic E-state index is 5.98. The van der Waals surface area contributed by atoms with Gasteiger partial charge in [-0.15, -0.1) is 0 Å². The summed E-state index contributed by atoms with van der Waals surface area (Å²) in [5.74, 6) is 0. The van der Waals surface area contributed by atoms with Gasteiger partial charge in [-0.25, -0.2) is 0 Å². The van der Waals surface area contributed by atoms with Gasteiger partial charge in [0.15, 0.2) is 0 Å². The van der Waals surface area contributed by atoms with Crippen LogP contribution in [0, 0.1) is 6.92 Å². The summed E-state index contributed by atoms with van der Waals surface area (Å²) in [7, 11) is 0. The Hall–Kier alpha value is -1.65. The minimum atomic E-state index is 0.338. The van der Waals surface area contributed by atoms with Crippen molar-refractivity contribution in [2.75, 3.05) is 19.7 Å². The molecule has 1 fully saturated rings. The predicted molar refractivity (Wildman–Crippen MR) is 97.0 cm³/mol. The molecule has 0 spiro atoms. The summed E-state index contributed by atoms with van der Waals surface area (Å²) < 4.78 is 8.06. The van der Waals surface area contributed by atoms with Crippen molar-refractivity contribution in [3.05, 3.63) is 53.3 Å². The van der Waals surface area contributed by atoms with Gasteiger partial charge in [0.1, 0.15) is 0 Å². The molecule has 1 unspecified atom stereocenters.